The van der Waals surface area contributed by atoms with Gasteiger partial charge in [-0.2, -0.15) is 0 Å². The summed E-state index contributed by atoms with van der Waals surface area (Å²) in [6.07, 6.45) is 5.47. The van der Waals surface area contributed by atoms with Crippen molar-refractivity contribution in [3.63, 3.8) is 0 Å². The van der Waals surface area contributed by atoms with Crippen molar-refractivity contribution in [2.24, 2.45) is 16.5 Å². The first-order valence-electron chi connectivity index (χ1n) is 6.85. The van der Waals surface area contributed by atoms with Crippen LogP contribution in [0.25, 0.3) is 0 Å². The molecule has 2 bridgehead atoms. The van der Waals surface area contributed by atoms with Gasteiger partial charge >= 0.3 is 0 Å². The fraction of sp³-hybridized carbons (Fsp3) is 1.00. The van der Waals surface area contributed by atoms with Gasteiger partial charge in [-0.15, -0.1) is 0 Å². The summed E-state index contributed by atoms with van der Waals surface area (Å²) in [5, 5.41) is 8.79. The Morgan fingerprint density at radius 1 is 1.33 bits per heavy atom. The zero-order chi connectivity index (χ0) is 12.8. The van der Waals surface area contributed by atoms with E-state index in [0.29, 0.717) is 12.6 Å². The number of hydrogen-bond acceptors (Lipinski definition) is 4. The van der Waals surface area contributed by atoms with Crippen LogP contribution in [0.2, 0.25) is 0 Å². The topological polar surface area (TPSA) is 81.4 Å². The molecule has 2 saturated heterocycles. The summed E-state index contributed by atoms with van der Waals surface area (Å²) in [5.74, 6) is 0.785. The molecule has 3 fully saturated rings. The summed E-state index contributed by atoms with van der Waals surface area (Å²) in [6.45, 7) is 1.72. The molecule has 4 atom stereocenters. The second-order valence-electron chi connectivity index (χ2n) is 6.11. The van der Waals surface area contributed by atoms with Crippen molar-refractivity contribution in [1.29, 1.82) is 0 Å². The average Bonchev–Trinajstić information content (AvgIpc) is 2.67. The summed E-state index contributed by atoms with van der Waals surface area (Å²) in [5.41, 5.74) is 0.00333. The molecule has 104 valence electrons. The van der Waals surface area contributed by atoms with Gasteiger partial charge < -0.3 is 10.1 Å². The van der Waals surface area contributed by atoms with Crippen molar-refractivity contribution >= 4 is 10.0 Å². The molecule has 2 aliphatic heterocycles. The van der Waals surface area contributed by atoms with Crippen LogP contribution in [0, 0.1) is 11.3 Å². The largest absolute Gasteiger partial charge is 0.376 e. The molecule has 6 heteroatoms. The molecule has 3 aliphatic rings. The molecule has 0 radical (unpaired) electrons. The molecule has 0 aromatic rings. The van der Waals surface area contributed by atoms with Gasteiger partial charge in [-0.1, -0.05) is 0 Å². The number of rotatable bonds is 2. The molecule has 3 N–H and O–H groups in total. The number of sulfonamides is 1. The van der Waals surface area contributed by atoms with E-state index in [1.54, 1.807) is 0 Å². The van der Waals surface area contributed by atoms with Gasteiger partial charge in [0.05, 0.1) is 11.9 Å². The molecule has 5 nitrogen and oxygen atoms in total. The molecule has 1 spiro atoms. The van der Waals surface area contributed by atoms with Crippen molar-refractivity contribution < 1.29 is 13.2 Å². The fourth-order valence-electron chi connectivity index (χ4n) is 4.17. The Morgan fingerprint density at radius 2 is 2.17 bits per heavy atom. The van der Waals surface area contributed by atoms with Gasteiger partial charge in [0, 0.05) is 18.1 Å². The maximum Gasteiger partial charge on any atom is 0.211 e. The van der Waals surface area contributed by atoms with Crippen molar-refractivity contribution in [3.8, 4) is 0 Å². The number of fused-ring (bicyclic) bond motifs is 3. The lowest BCUT2D eigenvalue weighted by atomic mass is 9.62. The highest BCUT2D eigenvalue weighted by atomic mass is 32.2. The Kier molecular flexibility index (Phi) is 3.17. The van der Waals surface area contributed by atoms with E-state index in [0.717, 1.165) is 25.3 Å². The molecule has 4 unspecified atom stereocenters. The molecule has 18 heavy (non-hydrogen) atoms. The lowest BCUT2D eigenvalue weighted by Crippen LogP contribution is -2.57. The Hall–Kier alpha value is -0.170. The first kappa shape index (κ1) is 12.8. The smallest absolute Gasteiger partial charge is 0.211 e. The van der Waals surface area contributed by atoms with Gasteiger partial charge in [-0.3, -0.25) is 0 Å². The summed E-state index contributed by atoms with van der Waals surface area (Å²) < 4.78 is 28.4. The van der Waals surface area contributed by atoms with Crippen LogP contribution in [-0.4, -0.2) is 39.5 Å². The third-order valence-corrected chi connectivity index (χ3v) is 5.90. The number of nitrogens with one attached hydrogen (secondary N) is 1. The van der Waals surface area contributed by atoms with Crippen LogP contribution in [0.1, 0.15) is 32.1 Å². The molecule has 3 rings (SSSR count). The minimum atomic E-state index is -3.46. The standard InChI is InChI=1S/C12H22N2O3S/c13-18(15,16)8-11-12(4-6-17-11)3-1-9-2-5-14-10(12)7-9/h9-11,14H,1-8H2,(H2,13,15,16). The number of nitrogens with two attached hydrogens (primary N) is 1. The van der Waals surface area contributed by atoms with Crippen LogP contribution < -0.4 is 10.5 Å². The van der Waals surface area contributed by atoms with Crippen LogP contribution in [0.5, 0.6) is 0 Å². The zero-order valence-corrected chi connectivity index (χ0v) is 11.4. The van der Waals surface area contributed by atoms with Crippen LogP contribution in [0.3, 0.4) is 0 Å². The van der Waals surface area contributed by atoms with E-state index in [2.05, 4.69) is 5.32 Å². The Labute approximate surface area is 109 Å². The van der Waals surface area contributed by atoms with E-state index in [4.69, 9.17) is 9.88 Å². The van der Waals surface area contributed by atoms with Gasteiger partial charge in [-0.05, 0) is 44.6 Å². The van der Waals surface area contributed by atoms with Crippen molar-refractivity contribution in [3.05, 3.63) is 0 Å². The molecule has 0 amide bonds. The van der Waals surface area contributed by atoms with E-state index in [1.165, 1.54) is 19.3 Å². The van der Waals surface area contributed by atoms with E-state index < -0.39 is 10.0 Å². The quantitative estimate of drug-likeness (QED) is 0.754. The van der Waals surface area contributed by atoms with Crippen LogP contribution in [0.15, 0.2) is 0 Å². The maximum atomic E-state index is 11.4. The Balaban J connectivity index is 1.83. The Morgan fingerprint density at radius 3 is 2.94 bits per heavy atom. The minimum absolute atomic E-state index is 0.00333. The SMILES string of the molecule is NS(=O)(=O)CC1OCCC12CCC1CCNC2C1. The van der Waals surface area contributed by atoms with E-state index >= 15 is 0 Å². The van der Waals surface area contributed by atoms with Crippen LogP contribution >= 0.6 is 0 Å². The predicted octanol–water partition coefficient (Wildman–Crippen LogP) is 0.212. The first-order valence-corrected chi connectivity index (χ1v) is 8.57. The molecule has 1 aliphatic carbocycles. The van der Waals surface area contributed by atoms with Crippen LogP contribution in [-0.2, 0) is 14.8 Å². The zero-order valence-electron chi connectivity index (χ0n) is 10.6. The third-order valence-electron chi connectivity index (χ3n) is 5.14. The highest BCUT2D eigenvalue weighted by molar-refractivity contribution is 7.89. The van der Waals surface area contributed by atoms with E-state index in [-0.39, 0.29) is 17.3 Å². The van der Waals surface area contributed by atoms with Crippen LogP contribution in [0.4, 0.5) is 0 Å². The fourth-order valence-corrected chi connectivity index (χ4v) is 5.02. The second kappa shape index (κ2) is 4.44. The van der Waals surface area contributed by atoms with E-state index in [1.807, 2.05) is 0 Å². The highest BCUT2D eigenvalue weighted by Gasteiger charge is 2.53. The number of piperidine rings is 1. The van der Waals surface area contributed by atoms with Crippen molar-refractivity contribution in [2.75, 3.05) is 18.9 Å². The molecule has 2 heterocycles. The highest BCUT2D eigenvalue weighted by Crippen LogP contribution is 2.50. The normalized spacial score (nSPS) is 44.4. The number of primary sulfonamides is 1. The summed E-state index contributed by atoms with van der Waals surface area (Å²) >= 11 is 0. The molecule has 0 aromatic heterocycles. The van der Waals surface area contributed by atoms with Gasteiger partial charge in [0.1, 0.15) is 0 Å². The molecular formula is C12H22N2O3S. The minimum Gasteiger partial charge on any atom is -0.376 e. The average molecular weight is 274 g/mol. The van der Waals surface area contributed by atoms with Gasteiger partial charge in [0.25, 0.3) is 0 Å². The maximum absolute atomic E-state index is 11.4. The third kappa shape index (κ3) is 2.19. The van der Waals surface area contributed by atoms with Gasteiger partial charge in [0.15, 0.2) is 0 Å². The van der Waals surface area contributed by atoms with Crippen molar-refractivity contribution in [2.45, 2.75) is 44.2 Å². The lowest BCUT2D eigenvalue weighted by Gasteiger charge is -2.50. The lowest BCUT2D eigenvalue weighted by molar-refractivity contribution is -0.00396. The monoisotopic (exact) mass is 274 g/mol. The Bertz CT molecular complexity index is 425. The van der Waals surface area contributed by atoms with Gasteiger partial charge in [0.2, 0.25) is 10.0 Å². The van der Waals surface area contributed by atoms with E-state index in [9.17, 15) is 8.42 Å². The first-order chi connectivity index (χ1) is 8.50. The number of ether oxygens (including phenoxy) is 1. The predicted molar refractivity (Wildman–Crippen MR) is 68.5 cm³/mol. The summed E-state index contributed by atoms with van der Waals surface area (Å²) in [7, 11) is -3.46. The number of hydrogen-bond donors (Lipinski definition) is 2. The summed E-state index contributed by atoms with van der Waals surface area (Å²) in [4.78, 5) is 0. The molecule has 1 saturated carbocycles. The summed E-state index contributed by atoms with van der Waals surface area (Å²) in [6, 6.07) is 0.416. The molecular weight excluding hydrogens is 252 g/mol. The second-order valence-corrected chi connectivity index (χ2v) is 7.77. The van der Waals surface area contributed by atoms with Gasteiger partial charge in [-0.25, -0.2) is 13.6 Å². The van der Waals surface area contributed by atoms with Crippen molar-refractivity contribution in [1.82, 2.24) is 5.32 Å². The molecule has 0 aromatic carbocycles.